The number of carbonyl (C=O) groups excluding carboxylic acids is 1. The summed E-state index contributed by atoms with van der Waals surface area (Å²) in [5.74, 6) is 0.133. The van der Waals surface area contributed by atoms with E-state index >= 15 is 0 Å². The number of amides is 2. The number of carbonyl (C=O) groups is 1. The summed E-state index contributed by atoms with van der Waals surface area (Å²) in [4.78, 5) is 21.9. The number of nitrogens with zero attached hydrogens (tertiary/aromatic N) is 2. The van der Waals surface area contributed by atoms with Crippen molar-refractivity contribution in [2.75, 3.05) is 17.7 Å². The van der Waals surface area contributed by atoms with Gasteiger partial charge >= 0.3 is 6.03 Å². The smallest absolute Gasteiger partial charge is 0.306 e. The van der Waals surface area contributed by atoms with Crippen molar-refractivity contribution in [3.05, 3.63) is 33.7 Å². The fourth-order valence-corrected chi connectivity index (χ4v) is 1.46. The molecule has 1 N–H and O–H groups in total. The minimum absolute atomic E-state index is 0.0521. The van der Waals surface area contributed by atoms with Gasteiger partial charge in [0.2, 0.25) is 0 Å². The van der Waals surface area contributed by atoms with Crippen LogP contribution in [0.5, 0.6) is 0 Å². The molecule has 0 saturated carbocycles. The third kappa shape index (κ3) is 3.87. The SMILES string of the molecule is Cc1ccc(NC(=O)N(CCCl)N=O)cc1Cl. The van der Waals surface area contributed by atoms with Crippen molar-refractivity contribution >= 4 is 34.9 Å². The van der Waals surface area contributed by atoms with Crippen LogP contribution in [-0.2, 0) is 0 Å². The third-order valence-electron chi connectivity index (χ3n) is 2.05. The number of benzene rings is 1. The molecule has 0 aliphatic heterocycles. The minimum atomic E-state index is -0.638. The molecule has 1 rings (SSSR count). The molecule has 1 aromatic carbocycles. The second-order valence-corrected chi connectivity index (χ2v) is 4.07. The average molecular weight is 276 g/mol. The summed E-state index contributed by atoms with van der Waals surface area (Å²) in [5.41, 5.74) is 1.39. The topological polar surface area (TPSA) is 61.8 Å². The zero-order chi connectivity index (χ0) is 12.8. The van der Waals surface area contributed by atoms with Crippen LogP contribution in [0.2, 0.25) is 5.02 Å². The molecule has 0 spiro atoms. The second kappa shape index (κ2) is 6.42. The van der Waals surface area contributed by atoms with E-state index in [0.29, 0.717) is 15.7 Å². The fourth-order valence-electron chi connectivity index (χ4n) is 1.12. The van der Waals surface area contributed by atoms with Crippen molar-refractivity contribution in [1.29, 1.82) is 0 Å². The Hall–Kier alpha value is -1.33. The number of urea groups is 1. The van der Waals surface area contributed by atoms with Gasteiger partial charge in [-0.2, -0.15) is 5.01 Å². The van der Waals surface area contributed by atoms with E-state index in [0.717, 1.165) is 5.56 Å². The van der Waals surface area contributed by atoms with Crippen LogP contribution in [0, 0.1) is 11.8 Å². The molecular weight excluding hydrogens is 265 g/mol. The molecule has 5 nitrogen and oxygen atoms in total. The molecule has 0 aliphatic carbocycles. The van der Waals surface area contributed by atoms with Crippen molar-refractivity contribution in [2.24, 2.45) is 5.29 Å². The lowest BCUT2D eigenvalue weighted by molar-refractivity contribution is 0.216. The van der Waals surface area contributed by atoms with Crippen LogP contribution in [0.15, 0.2) is 23.5 Å². The first-order valence-corrected chi connectivity index (χ1v) is 5.73. The number of hydrogen-bond donors (Lipinski definition) is 1. The van der Waals surface area contributed by atoms with E-state index < -0.39 is 6.03 Å². The molecule has 0 saturated heterocycles. The summed E-state index contributed by atoms with van der Waals surface area (Å²) in [6, 6.07) is 4.40. The van der Waals surface area contributed by atoms with Gasteiger partial charge in [0.25, 0.3) is 0 Å². The summed E-state index contributed by atoms with van der Waals surface area (Å²) in [5, 5.41) is 6.31. The van der Waals surface area contributed by atoms with Crippen LogP contribution in [0.25, 0.3) is 0 Å². The molecule has 0 heterocycles. The van der Waals surface area contributed by atoms with E-state index in [1.165, 1.54) is 0 Å². The van der Waals surface area contributed by atoms with Crippen LogP contribution < -0.4 is 5.32 Å². The third-order valence-corrected chi connectivity index (χ3v) is 2.63. The lowest BCUT2D eigenvalue weighted by Gasteiger charge is -2.13. The zero-order valence-electron chi connectivity index (χ0n) is 9.11. The summed E-state index contributed by atoms with van der Waals surface area (Å²) in [6.07, 6.45) is 0. The fraction of sp³-hybridized carbons (Fsp3) is 0.300. The highest BCUT2D eigenvalue weighted by Gasteiger charge is 2.13. The summed E-state index contributed by atoms with van der Waals surface area (Å²) >= 11 is 11.3. The maximum Gasteiger partial charge on any atom is 0.344 e. The molecule has 1 aromatic rings. The van der Waals surface area contributed by atoms with Gasteiger partial charge in [-0.1, -0.05) is 17.7 Å². The quantitative estimate of drug-likeness (QED) is 0.520. The van der Waals surface area contributed by atoms with Crippen molar-refractivity contribution in [3.63, 3.8) is 0 Å². The summed E-state index contributed by atoms with van der Waals surface area (Å²) in [6.45, 7) is 1.90. The Morgan fingerprint density at radius 1 is 1.53 bits per heavy atom. The van der Waals surface area contributed by atoms with Gasteiger partial charge in [0.15, 0.2) is 0 Å². The highest BCUT2D eigenvalue weighted by molar-refractivity contribution is 6.31. The Bertz CT molecular complexity index is 426. The molecule has 0 unspecified atom stereocenters. The number of alkyl halides is 1. The largest absolute Gasteiger partial charge is 0.344 e. The standard InChI is InChI=1S/C10H11Cl2N3O2/c1-7-2-3-8(6-9(7)12)13-10(16)15(14-17)5-4-11/h2-3,6H,4-5H2,1H3,(H,13,16). The molecule has 7 heteroatoms. The first-order valence-electron chi connectivity index (χ1n) is 4.82. The van der Waals surface area contributed by atoms with E-state index in [2.05, 4.69) is 10.6 Å². The average Bonchev–Trinajstić information content (AvgIpc) is 2.30. The molecule has 0 aliphatic rings. The van der Waals surface area contributed by atoms with E-state index in [-0.39, 0.29) is 12.4 Å². The predicted octanol–water partition coefficient (Wildman–Crippen LogP) is 3.40. The number of nitroso groups, excluding NO2 is 1. The van der Waals surface area contributed by atoms with E-state index in [4.69, 9.17) is 23.2 Å². The van der Waals surface area contributed by atoms with Gasteiger partial charge in [-0.15, -0.1) is 16.5 Å². The van der Waals surface area contributed by atoms with E-state index in [1.54, 1.807) is 18.2 Å². The Morgan fingerprint density at radius 2 is 2.24 bits per heavy atom. The van der Waals surface area contributed by atoms with Crippen LogP contribution in [-0.4, -0.2) is 23.5 Å². The molecule has 0 bridgehead atoms. The lowest BCUT2D eigenvalue weighted by atomic mass is 10.2. The van der Waals surface area contributed by atoms with Crippen LogP contribution in [0.1, 0.15) is 5.56 Å². The van der Waals surface area contributed by atoms with Crippen molar-refractivity contribution in [1.82, 2.24) is 5.01 Å². The first kappa shape index (κ1) is 13.7. The van der Waals surface area contributed by atoms with Gasteiger partial charge < -0.3 is 5.32 Å². The van der Waals surface area contributed by atoms with Crippen LogP contribution >= 0.6 is 23.2 Å². The molecule has 0 atom stereocenters. The Morgan fingerprint density at radius 3 is 2.76 bits per heavy atom. The molecular formula is C10H11Cl2N3O2. The highest BCUT2D eigenvalue weighted by Crippen LogP contribution is 2.20. The predicted molar refractivity (Wildman–Crippen MR) is 68.4 cm³/mol. The molecule has 0 aromatic heterocycles. The lowest BCUT2D eigenvalue weighted by Crippen LogP contribution is -2.31. The van der Waals surface area contributed by atoms with Gasteiger partial charge in [0.1, 0.15) is 0 Å². The number of anilines is 1. The van der Waals surface area contributed by atoms with Gasteiger partial charge in [0, 0.05) is 16.6 Å². The highest BCUT2D eigenvalue weighted by atomic mass is 35.5. The molecule has 92 valence electrons. The Labute approximate surface area is 109 Å². The van der Waals surface area contributed by atoms with E-state index in [9.17, 15) is 9.70 Å². The molecule has 0 radical (unpaired) electrons. The van der Waals surface area contributed by atoms with Gasteiger partial charge in [-0.05, 0) is 24.6 Å². The first-order chi connectivity index (χ1) is 8.08. The van der Waals surface area contributed by atoms with Gasteiger partial charge in [0.05, 0.1) is 11.8 Å². The van der Waals surface area contributed by atoms with Crippen LogP contribution in [0.3, 0.4) is 0 Å². The molecule has 2 amide bonds. The monoisotopic (exact) mass is 275 g/mol. The van der Waals surface area contributed by atoms with Gasteiger partial charge in [-0.3, -0.25) is 0 Å². The van der Waals surface area contributed by atoms with Crippen LogP contribution in [0.4, 0.5) is 10.5 Å². The van der Waals surface area contributed by atoms with Crippen molar-refractivity contribution in [2.45, 2.75) is 6.92 Å². The normalized spacial score (nSPS) is 9.82. The summed E-state index contributed by atoms with van der Waals surface area (Å²) in [7, 11) is 0. The Balaban J connectivity index is 2.73. The number of nitrogens with one attached hydrogen (secondary N) is 1. The van der Waals surface area contributed by atoms with Crippen molar-refractivity contribution in [3.8, 4) is 0 Å². The maximum absolute atomic E-state index is 11.5. The number of rotatable bonds is 4. The number of hydrogen-bond acceptors (Lipinski definition) is 3. The number of halogens is 2. The summed E-state index contributed by atoms with van der Waals surface area (Å²) < 4.78 is 0. The second-order valence-electron chi connectivity index (χ2n) is 3.29. The van der Waals surface area contributed by atoms with E-state index in [1.807, 2.05) is 6.92 Å². The van der Waals surface area contributed by atoms with Gasteiger partial charge in [-0.25, -0.2) is 4.79 Å². The number of aryl methyl sites for hydroxylation is 1. The zero-order valence-corrected chi connectivity index (χ0v) is 10.6. The molecule has 17 heavy (non-hydrogen) atoms. The maximum atomic E-state index is 11.5. The Kier molecular flexibility index (Phi) is 5.18. The minimum Gasteiger partial charge on any atom is -0.306 e. The van der Waals surface area contributed by atoms with Crippen molar-refractivity contribution < 1.29 is 4.79 Å². The molecule has 0 fully saturated rings.